The number of nitrogens with zero attached hydrogens (tertiary/aromatic N) is 3. The number of rotatable bonds is 8. The minimum atomic E-state index is -0.168. The van der Waals surface area contributed by atoms with E-state index in [1.807, 2.05) is 55.5 Å². The molecule has 0 spiro atoms. The molecule has 0 saturated heterocycles. The zero-order valence-corrected chi connectivity index (χ0v) is 18.3. The number of benzene rings is 2. The van der Waals surface area contributed by atoms with E-state index in [0.717, 1.165) is 39.6 Å². The Morgan fingerprint density at radius 2 is 1.81 bits per heavy atom. The van der Waals surface area contributed by atoms with Crippen LogP contribution < -0.4 is 15.6 Å². The SMILES string of the molecule is Cc1cc(Oc2ccc(CCNc3ncc(Cc4ccnnc4)c(=O)[nH]3)cc2)ccc1Cl. The quantitative estimate of drug-likeness (QED) is 0.411. The van der Waals surface area contributed by atoms with E-state index in [4.69, 9.17) is 16.3 Å². The number of nitrogens with one attached hydrogen (secondary N) is 2. The van der Waals surface area contributed by atoms with Crippen molar-refractivity contribution < 1.29 is 4.74 Å². The van der Waals surface area contributed by atoms with Gasteiger partial charge >= 0.3 is 0 Å². The molecule has 2 aromatic carbocycles. The number of H-pyrrole nitrogens is 1. The molecule has 0 fully saturated rings. The van der Waals surface area contributed by atoms with E-state index in [-0.39, 0.29) is 5.56 Å². The second-order valence-corrected chi connectivity index (χ2v) is 7.75. The third-order valence-electron chi connectivity index (χ3n) is 4.91. The molecule has 2 N–H and O–H groups in total. The number of anilines is 1. The van der Waals surface area contributed by atoms with Gasteiger partial charge in [0.2, 0.25) is 5.95 Å². The Bertz CT molecular complexity index is 1240. The van der Waals surface area contributed by atoms with Crippen molar-refractivity contribution in [3.05, 3.63) is 105 Å². The molecular weight excluding hydrogens is 426 g/mol. The van der Waals surface area contributed by atoms with Gasteiger partial charge in [0, 0.05) is 35.9 Å². The second kappa shape index (κ2) is 10.1. The average molecular weight is 448 g/mol. The molecule has 0 saturated carbocycles. The molecule has 0 atom stereocenters. The molecule has 0 aliphatic rings. The molecule has 0 amide bonds. The Balaban J connectivity index is 1.29. The monoisotopic (exact) mass is 447 g/mol. The molecule has 0 bridgehead atoms. The van der Waals surface area contributed by atoms with Crippen LogP contribution in [0.15, 0.2) is 71.9 Å². The summed E-state index contributed by atoms with van der Waals surface area (Å²) in [6.45, 7) is 2.58. The minimum absolute atomic E-state index is 0.168. The molecule has 2 heterocycles. The lowest BCUT2D eigenvalue weighted by molar-refractivity contribution is 0.482. The number of hydrogen-bond donors (Lipinski definition) is 2. The summed E-state index contributed by atoms with van der Waals surface area (Å²) < 4.78 is 5.88. The fourth-order valence-corrected chi connectivity index (χ4v) is 3.26. The Morgan fingerprint density at radius 1 is 1.00 bits per heavy atom. The summed E-state index contributed by atoms with van der Waals surface area (Å²) in [5.74, 6) is 1.96. The molecule has 4 aromatic rings. The molecule has 4 rings (SSSR count). The highest BCUT2D eigenvalue weighted by Crippen LogP contribution is 2.26. The first kappa shape index (κ1) is 21.5. The topological polar surface area (TPSA) is 92.8 Å². The number of aryl methyl sites for hydroxylation is 1. The number of halogens is 1. The van der Waals surface area contributed by atoms with Crippen LogP contribution in [0.5, 0.6) is 11.5 Å². The molecule has 0 unspecified atom stereocenters. The van der Waals surface area contributed by atoms with Gasteiger partial charge in [-0.3, -0.25) is 9.78 Å². The third kappa shape index (κ3) is 5.70. The summed E-state index contributed by atoms with van der Waals surface area (Å²) in [6, 6.07) is 15.3. The molecule has 8 heteroatoms. The van der Waals surface area contributed by atoms with Gasteiger partial charge in [-0.1, -0.05) is 23.7 Å². The van der Waals surface area contributed by atoms with Crippen LogP contribution in [-0.2, 0) is 12.8 Å². The van der Waals surface area contributed by atoms with Gasteiger partial charge in [-0.05, 0) is 66.4 Å². The summed E-state index contributed by atoms with van der Waals surface area (Å²) >= 11 is 6.06. The van der Waals surface area contributed by atoms with Crippen molar-refractivity contribution >= 4 is 17.5 Å². The van der Waals surface area contributed by atoms with E-state index in [9.17, 15) is 4.79 Å². The summed E-state index contributed by atoms with van der Waals surface area (Å²) in [4.78, 5) is 19.4. The predicted octanol–water partition coefficient (Wildman–Crippen LogP) is 4.56. The fourth-order valence-electron chi connectivity index (χ4n) is 3.15. The number of aromatic nitrogens is 4. The van der Waals surface area contributed by atoms with E-state index in [1.54, 1.807) is 18.6 Å². The smallest absolute Gasteiger partial charge is 0.255 e. The van der Waals surface area contributed by atoms with Gasteiger partial charge in [-0.2, -0.15) is 10.2 Å². The zero-order chi connectivity index (χ0) is 22.3. The molecule has 0 aliphatic carbocycles. The third-order valence-corrected chi connectivity index (χ3v) is 5.33. The molecule has 162 valence electrons. The van der Waals surface area contributed by atoms with Crippen LogP contribution in [0.1, 0.15) is 22.3 Å². The van der Waals surface area contributed by atoms with Gasteiger partial charge in [0.15, 0.2) is 0 Å². The maximum atomic E-state index is 12.3. The number of ether oxygens (including phenoxy) is 1. The van der Waals surface area contributed by atoms with Crippen LogP contribution in [-0.4, -0.2) is 26.7 Å². The molecule has 32 heavy (non-hydrogen) atoms. The van der Waals surface area contributed by atoms with Gasteiger partial charge in [0.05, 0.1) is 6.20 Å². The van der Waals surface area contributed by atoms with Gasteiger partial charge in [0.1, 0.15) is 11.5 Å². The molecule has 0 radical (unpaired) electrons. The van der Waals surface area contributed by atoms with Crippen molar-refractivity contribution in [3.63, 3.8) is 0 Å². The first-order valence-corrected chi connectivity index (χ1v) is 10.6. The van der Waals surface area contributed by atoms with Crippen LogP contribution in [0.3, 0.4) is 0 Å². The van der Waals surface area contributed by atoms with Crippen molar-refractivity contribution in [1.82, 2.24) is 20.2 Å². The van der Waals surface area contributed by atoms with E-state index < -0.39 is 0 Å². The number of hydrogen-bond acceptors (Lipinski definition) is 6. The molecule has 0 aliphatic heterocycles. The first-order valence-electron chi connectivity index (χ1n) is 10.2. The predicted molar refractivity (Wildman–Crippen MR) is 125 cm³/mol. The normalized spacial score (nSPS) is 10.7. The van der Waals surface area contributed by atoms with Crippen molar-refractivity contribution in [3.8, 4) is 11.5 Å². The zero-order valence-electron chi connectivity index (χ0n) is 17.5. The summed E-state index contributed by atoms with van der Waals surface area (Å²) in [5.41, 5.74) is 3.43. The van der Waals surface area contributed by atoms with E-state index >= 15 is 0 Å². The van der Waals surface area contributed by atoms with Crippen molar-refractivity contribution in [2.24, 2.45) is 0 Å². The maximum absolute atomic E-state index is 12.3. The Hall–Kier alpha value is -3.71. The highest BCUT2D eigenvalue weighted by atomic mass is 35.5. The highest BCUT2D eigenvalue weighted by Gasteiger charge is 2.05. The van der Waals surface area contributed by atoms with Crippen LogP contribution >= 0.6 is 11.6 Å². The van der Waals surface area contributed by atoms with Crippen molar-refractivity contribution in [2.75, 3.05) is 11.9 Å². The van der Waals surface area contributed by atoms with Crippen LogP contribution in [0, 0.1) is 6.92 Å². The summed E-state index contributed by atoms with van der Waals surface area (Å²) in [5, 5.41) is 11.4. The highest BCUT2D eigenvalue weighted by molar-refractivity contribution is 6.31. The van der Waals surface area contributed by atoms with Gasteiger partial charge in [0.25, 0.3) is 5.56 Å². The van der Waals surface area contributed by atoms with Gasteiger partial charge in [-0.15, -0.1) is 0 Å². The van der Waals surface area contributed by atoms with E-state index in [0.29, 0.717) is 24.5 Å². The first-order chi connectivity index (χ1) is 15.6. The average Bonchev–Trinajstić information content (AvgIpc) is 2.80. The Labute approximate surface area is 190 Å². The minimum Gasteiger partial charge on any atom is -0.457 e. The number of aromatic amines is 1. The summed E-state index contributed by atoms with van der Waals surface area (Å²) in [6.07, 6.45) is 6.06. The second-order valence-electron chi connectivity index (χ2n) is 7.35. The van der Waals surface area contributed by atoms with Crippen molar-refractivity contribution in [1.29, 1.82) is 0 Å². The van der Waals surface area contributed by atoms with Crippen LogP contribution in [0.25, 0.3) is 0 Å². The van der Waals surface area contributed by atoms with E-state index in [1.165, 1.54) is 0 Å². The van der Waals surface area contributed by atoms with Gasteiger partial charge in [-0.25, -0.2) is 4.98 Å². The molecule has 2 aromatic heterocycles. The van der Waals surface area contributed by atoms with Crippen LogP contribution in [0.2, 0.25) is 5.02 Å². The van der Waals surface area contributed by atoms with Crippen LogP contribution in [0.4, 0.5) is 5.95 Å². The molecule has 7 nitrogen and oxygen atoms in total. The maximum Gasteiger partial charge on any atom is 0.255 e. The lowest BCUT2D eigenvalue weighted by atomic mass is 10.1. The van der Waals surface area contributed by atoms with Crippen molar-refractivity contribution in [2.45, 2.75) is 19.8 Å². The largest absolute Gasteiger partial charge is 0.457 e. The standard InChI is InChI=1S/C24H22ClN5O2/c1-16-12-21(6-7-22(16)25)32-20-4-2-17(3-5-20)8-10-26-24-27-15-19(23(31)30-24)13-18-9-11-28-29-14-18/h2-7,9,11-12,14-15H,8,10,13H2,1H3,(H2,26,27,30,31). The Kier molecular flexibility index (Phi) is 6.77. The van der Waals surface area contributed by atoms with Gasteiger partial charge < -0.3 is 10.1 Å². The molecular formula is C24H22ClN5O2. The lowest BCUT2D eigenvalue weighted by Crippen LogP contribution is -2.18. The van der Waals surface area contributed by atoms with E-state index in [2.05, 4.69) is 25.5 Å². The summed E-state index contributed by atoms with van der Waals surface area (Å²) in [7, 11) is 0. The Morgan fingerprint density at radius 3 is 2.53 bits per heavy atom. The fraction of sp³-hybridized carbons (Fsp3) is 0.167. The lowest BCUT2D eigenvalue weighted by Gasteiger charge is -2.09.